The molecule has 28 heavy (non-hydrogen) atoms. The Morgan fingerprint density at radius 3 is 2.46 bits per heavy atom. The van der Waals surface area contributed by atoms with E-state index >= 15 is 0 Å². The highest BCUT2D eigenvalue weighted by atomic mass is 35.5. The lowest BCUT2D eigenvalue weighted by Crippen LogP contribution is -2.22. The van der Waals surface area contributed by atoms with Gasteiger partial charge in [-0.25, -0.2) is 12.7 Å². The van der Waals surface area contributed by atoms with Crippen molar-refractivity contribution in [1.29, 1.82) is 0 Å². The van der Waals surface area contributed by atoms with Gasteiger partial charge in [-0.3, -0.25) is 4.79 Å². The van der Waals surface area contributed by atoms with E-state index in [0.29, 0.717) is 29.5 Å². The van der Waals surface area contributed by atoms with E-state index in [2.05, 4.69) is 5.32 Å². The zero-order chi connectivity index (χ0) is 20.9. The van der Waals surface area contributed by atoms with E-state index in [1.54, 1.807) is 18.2 Å². The third kappa shape index (κ3) is 5.70. The Morgan fingerprint density at radius 2 is 1.82 bits per heavy atom. The van der Waals surface area contributed by atoms with Crippen LogP contribution in [-0.2, 0) is 14.8 Å². The van der Waals surface area contributed by atoms with Crippen LogP contribution in [0.1, 0.15) is 24.0 Å². The summed E-state index contributed by atoms with van der Waals surface area (Å²) in [5.74, 6) is 0.512. The fraction of sp³-hybridized carbons (Fsp3) is 0.350. The molecule has 0 aliphatic carbocycles. The first kappa shape index (κ1) is 22.2. The molecule has 2 aromatic carbocycles. The zero-order valence-electron chi connectivity index (χ0n) is 16.5. The molecule has 0 aliphatic heterocycles. The quantitative estimate of drug-likeness (QED) is 0.649. The van der Waals surface area contributed by atoms with E-state index in [0.717, 1.165) is 15.4 Å². The second kappa shape index (κ2) is 9.41. The molecule has 6 nitrogen and oxygen atoms in total. The van der Waals surface area contributed by atoms with Crippen LogP contribution in [0.4, 0.5) is 5.69 Å². The Bertz CT molecular complexity index is 959. The first-order valence-corrected chi connectivity index (χ1v) is 10.6. The maximum absolute atomic E-state index is 12.3. The van der Waals surface area contributed by atoms with Gasteiger partial charge in [-0.1, -0.05) is 17.7 Å². The normalized spacial score (nSPS) is 11.5. The number of amides is 1. The van der Waals surface area contributed by atoms with Crippen molar-refractivity contribution in [1.82, 2.24) is 4.31 Å². The number of carbonyl (C=O) groups excluding carboxylic acids is 1. The summed E-state index contributed by atoms with van der Waals surface area (Å²) in [6, 6.07) is 10.1. The third-order valence-corrected chi connectivity index (χ3v) is 6.44. The lowest BCUT2D eigenvalue weighted by Gasteiger charge is -2.14. The number of ether oxygens (including phenoxy) is 1. The zero-order valence-corrected chi connectivity index (χ0v) is 18.0. The minimum absolute atomic E-state index is 0.139. The van der Waals surface area contributed by atoms with Crippen molar-refractivity contribution in [3.05, 3.63) is 52.5 Å². The molecule has 0 heterocycles. The Morgan fingerprint density at radius 1 is 1.11 bits per heavy atom. The summed E-state index contributed by atoms with van der Waals surface area (Å²) in [4.78, 5) is 12.4. The summed E-state index contributed by atoms with van der Waals surface area (Å²) in [7, 11) is -0.622. The number of hydrogen-bond acceptors (Lipinski definition) is 4. The van der Waals surface area contributed by atoms with Crippen LogP contribution in [0.3, 0.4) is 0 Å². The number of benzene rings is 2. The SMILES string of the molecule is Cc1cc(OCCCC(=O)Nc2cc(S(=O)(=O)N(C)C)ccc2C)ccc1Cl. The van der Waals surface area contributed by atoms with Crippen molar-refractivity contribution >= 4 is 33.2 Å². The Hall–Kier alpha value is -2.09. The first-order chi connectivity index (χ1) is 13.1. The second-order valence-electron chi connectivity index (χ2n) is 6.68. The molecule has 2 rings (SSSR count). The van der Waals surface area contributed by atoms with Crippen LogP contribution in [0, 0.1) is 13.8 Å². The third-order valence-electron chi connectivity index (χ3n) is 4.21. The van der Waals surface area contributed by atoms with Crippen molar-refractivity contribution in [3.63, 3.8) is 0 Å². The predicted octanol–water partition coefficient (Wildman–Crippen LogP) is 4.00. The monoisotopic (exact) mass is 424 g/mol. The Balaban J connectivity index is 1.91. The molecule has 0 radical (unpaired) electrons. The van der Waals surface area contributed by atoms with Crippen molar-refractivity contribution in [3.8, 4) is 5.75 Å². The number of carbonyl (C=O) groups is 1. The van der Waals surface area contributed by atoms with Crippen LogP contribution in [0.15, 0.2) is 41.3 Å². The van der Waals surface area contributed by atoms with E-state index in [-0.39, 0.29) is 17.2 Å². The van der Waals surface area contributed by atoms with Crippen LogP contribution in [-0.4, -0.2) is 39.3 Å². The average molecular weight is 425 g/mol. The molecule has 0 saturated carbocycles. The molecule has 0 saturated heterocycles. The number of aryl methyl sites for hydroxylation is 2. The molecule has 1 amide bonds. The van der Waals surface area contributed by atoms with Crippen molar-refractivity contribution in [2.45, 2.75) is 31.6 Å². The highest BCUT2D eigenvalue weighted by molar-refractivity contribution is 7.89. The van der Waals surface area contributed by atoms with Crippen LogP contribution in [0.2, 0.25) is 5.02 Å². The summed E-state index contributed by atoms with van der Waals surface area (Å²) in [6.45, 7) is 4.10. The summed E-state index contributed by atoms with van der Waals surface area (Å²) in [6.07, 6.45) is 0.791. The number of sulfonamides is 1. The van der Waals surface area contributed by atoms with Gasteiger partial charge in [-0.2, -0.15) is 0 Å². The van der Waals surface area contributed by atoms with Crippen molar-refractivity contribution < 1.29 is 17.9 Å². The second-order valence-corrected chi connectivity index (χ2v) is 9.23. The fourth-order valence-corrected chi connectivity index (χ4v) is 3.50. The summed E-state index contributed by atoms with van der Waals surface area (Å²) in [5.41, 5.74) is 2.21. The number of rotatable bonds is 8. The molecule has 0 fully saturated rings. The van der Waals surface area contributed by atoms with Gasteiger partial charge in [0.05, 0.1) is 11.5 Å². The lowest BCUT2D eigenvalue weighted by molar-refractivity contribution is -0.116. The molecule has 0 unspecified atom stereocenters. The van der Waals surface area contributed by atoms with Gasteiger partial charge in [-0.15, -0.1) is 0 Å². The smallest absolute Gasteiger partial charge is 0.242 e. The van der Waals surface area contributed by atoms with E-state index in [9.17, 15) is 13.2 Å². The molecule has 0 spiro atoms. The van der Waals surface area contributed by atoms with Gasteiger partial charge in [0.25, 0.3) is 0 Å². The standard InChI is InChI=1S/C20H25ClN2O4S/c1-14-7-9-17(28(25,26)23(3)4)13-19(14)22-20(24)6-5-11-27-16-8-10-18(21)15(2)12-16/h7-10,12-13H,5-6,11H2,1-4H3,(H,22,24). The number of anilines is 1. The topological polar surface area (TPSA) is 75.7 Å². The van der Waals surface area contributed by atoms with Gasteiger partial charge < -0.3 is 10.1 Å². The maximum atomic E-state index is 12.3. The van der Waals surface area contributed by atoms with Gasteiger partial charge in [0.2, 0.25) is 15.9 Å². The van der Waals surface area contributed by atoms with Crippen molar-refractivity contribution in [2.75, 3.05) is 26.0 Å². The Kier molecular flexibility index (Phi) is 7.46. The highest BCUT2D eigenvalue weighted by Gasteiger charge is 2.18. The van der Waals surface area contributed by atoms with Gasteiger partial charge >= 0.3 is 0 Å². The number of hydrogen-bond donors (Lipinski definition) is 1. The molecular weight excluding hydrogens is 400 g/mol. The van der Waals surface area contributed by atoms with Crippen LogP contribution < -0.4 is 10.1 Å². The van der Waals surface area contributed by atoms with Gasteiger partial charge in [0.1, 0.15) is 5.75 Å². The molecule has 1 N–H and O–H groups in total. The van der Waals surface area contributed by atoms with E-state index in [1.807, 2.05) is 19.9 Å². The van der Waals surface area contributed by atoms with Gasteiger partial charge in [-0.05, 0) is 61.7 Å². The van der Waals surface area contributed by atoms with Gasteiger partial charge in [0.15, 0.2) is 0 Å². The number of halogens is 1. The summed E-state index contributed by atoms with van der Waals surface area (Å²) < 4.78 is 31.3. The largest absolute Gasteiger partial charge is 0.494 e. The average Bonchev–Trinajstić information content (AvgIpc) is 2.63. The molecule has 8 heteroatoms. The fourth-order valence-electron chi connectivity index (χ4n) is 2.45. The molecule has 0 aromatic heterocycles. The van der Waals surface area contributed by atoms with E-state index in [1.165, 1.54) is 26.2 Å². The van der Waals surface area contributed by atoms with E-state index in [4.69, 9.17) is 16.3 Å². The minimum Gasteiger partial charge on any atom is -0.494 e. The minimum atomic E-state index is -3.56. The molecule has 152 valence electrons. The van der Waals surface area contributed by atoms with Crippen LogP contribution in [0.25, 0.3) is 0 Å². The number of nitrogens with one attached hydrogen (secondary N) is 1. The molecular formula is C20H25ClN2O4S. The van der Waals surface area contributed by atoms with E-state index < -0.39 is 10.0 Å². The van der Waals surface area contributed by atoms with Crippen molar-refractivity contribution in [2.24, 2.45) is 0 Å². The molecule has 0 aliphatic rings. The first-order valence-electron chi connectivity index (χ1n) is 8.83. The summed E-state index contributed by atoms with van der Waals surface area (Å²) >= 11 is 5.98. The molecule has 0 bridgehead atoms. The highest BCUT2D eigenvalue weighted by Crippen LogP contribution is 2.23. The van der Waals surface area contributed by atoms with Crippen LogP contribution >= 0.6 is 11.6 Å². The molecule has 2 aromatic rings. The van der Waals surface area contributed by atoms with Crippen LogP contribution in [0.5, 0.6) is 5.75 Å². The maximum Gasteiger partial charge on any atom is 0.242 e. The van der Waals surface area contributed by atoms with Gasteiger partial charge in [0, 0.05) is 31.2 Å². The number of nitrogens with zero attached hydrogens (tertiary/aromatic N) is 1. The Labute approximate surface area is 171 Å². The summed E-state index contributed by atoms with van der Waals surface area (Å²) in [5, 5.41) is 3.46. The predicted molar refractivity (Wildman–Crippen MR) is 112 cm³/mol. The lowest BCUT2D eigenvalue weighted by atomic mass is 10.2. The molecule has 0 atom stereocenters.